The highest BCUT2D eigenvalue weighted by molar-refractivity contribution is 9.10. The first-order valence-corrected chi connectivity index (χ1v) is 7.15. The normalized spacial score (nSPS) is 13.7. The van der Waals surface area contributed by atoms with Crippen LogP contribution >= 0.6 is 15.9 Å². The average Bonchev–Trinajstić information content (AvgIpc) is 2.27. The number of halogens is 4. The second kappa shape index (κ2) is 6.25. The van der Waals surface area contributed by atoms with Crippen LogP contribution in [0.5, 0.6) is 0 Å². The van der Waals surface area contributed by atoms with Crippen molar-refractivity contribution < 1.29 is 18.0 Å². The van der Waals surface area contributed by atoms with Gasteiger partial charge in [-0.1, -0.05) is 15.9 Å². The van der Waals surface area contributed by atoms with Crippen molar-refractivity contribution in [2.75, 3.05) is 5.32 Å². The van der Waals surface area contributed by atoms with Gasteiger partial charge in [-0.2, -0.15) is 13.2 Å². The molecule has 0 aromatic heterocycles. The maximum atomic E-state index is 13.0. The van der Waals surface area contributed by atoms with Crippen molar-refractivity contribution in [2.45, 2.75) is 45.5 Å². The molecule has 0 aliphatic rings. The number of anilines is 1. The average molecular weight is 367 g/mol. The lowest BCUT2D eigenvalue weighted by atomic mass is 10.1. The van der Waals surface area contributed by atoms with E-state index in [1.807, 2.05) is 0 Å². The highest BCUT2D eigenvalue weighted by atomic mass is 79.9. The van der Waals surface area contributed by atoms with Gasteiger partial charge >= 0.3 is 6.18 Å². The summed E-state index contributed by atoms with van der Waals surface area (Å²) in [6, 6.07) is 2.99. The molecule has 0 radical (unpaired) electrons. The smallest absolute Gasteiger partial charge is 0.373 e. The highest BCUT2D eigenvalue weighted by Crippen LogP contribution is 2.36. The Kier molecular flexibility index (Phi) is 5.30. The largest absolute Gasteiger partial charge is 0.418 e. The van der Waals surface area contributed by atoms with E-state index in [0.29, 0.717) is 4.47 Å². The monoisotopic (exact) mass is 366 g/mol. The summed E-state index contributed by atoms with van der Waals surface area (Å²) in [5.41, 5.74) is -1.38. The predicted molar refractivity (Wildman–Crippen MR) is 80.1 cm³/mol. The maximum Gasteiger partial charge on any atom is 0.418 e. The molecule has 0 aliphatic heterocycles. The predicted octanol–water partition coefficient (Wildman–Crippen LogP) is 4.18. The number of nitrogens with one attached hydrogen (secondary N) is 2. The number of carbonyl (C=O) groups excluding carboxylic acids is 1. The van der Waals surface area contributed by atoms with Crippen LogP contribution in [0, 0.1) is 0 Å². The van der Waals surface area contributed by atoms with Gasteiger partial charge in [0.1, 0.15) is 6.04 Å². The molecule has 1 aromatic carbocycles. The van der Waals surface area contributed by atoms with E-state index in [9.17, 15) is 18.0 Å². The minimum Gasteiger partial charge on any atom is -0.373 e. The summed E-state index contributed by atoms with van der Waals surface area (Å²) in [5.74, 6) is -0.362. The van der Waals surface area contributed by atoms with Crippen molar-refractivity contribution >= 4 is 27.5 Å². The third-order valence-electron chi connectivity index (χ3n) is 2.55. The number of alkyl halides is 3. The van der Waals surface area contributed by atoms with Gasteiger partial charge < -0.3 is 10.6 Å². The molecule has 2 N–H and O–H groups in total. The van der Waals surface area contributed by atoms with Crippen LogP contribution in [0.15, 0.2) is 22.7 Å². The van der Waals surface area contributed by atoms with Crippen molar-refractivity contribution in [1.29, 1.82) is 0 Å². The number of rotatable bonds is 3. The van der Waals surface area contributed by atoms with Gasteiger partial charge in [0.15, 0.2) is 0 Å². The van der Waals surface area contributed by atoms with E-state index < -0.39 is 23.3 Å². The molecule has 7 heteroatoms. The first-order valence-electron chi connectivity index (χ1n) is 6.35. The first-order chi connectivity index (χ1) is 9.40. The Morgan fingerprint density at radius 1 is 1.24 bits per heavy atom. The van der Waals surface area contributed by atoms with Crippen LogP contribution in [0.2, 0.25) is 0 Å². The Bertz CT molecular complexity index is 524. The first kappa shape index (κ1) is 17.8. The lowest BCUT2D eigenvalue weighted by Crippen LogP contribution is -2.47. The van der Waals surface area contributed by atoms with E-state index >= 15 is 0 Å². The Morgan fingerprint density at radius 3 is 2.29 bits per heavy atom. The van der Waals surface area contributed by atoms with Crippen LogP contribution in [0.25, 0.3) is 0 Å². The number of hydrogen-bond donors (Lipinski definition) is 2. The molecule has 0 saturated heterocycles. The van der Waals surface area contributed by atoms with Gasteiger partial charge in [0.25, 0.3) is 0 Å². The van der Waals surface area contributed by atoms with Crippen LogP contribution < -0.4 is 10.6 Å². The van der Waals surface area contributed by atoms with Crippen LogP contribution in [-0.4, -0.2) is 17.5 Å². The molecular weight excluding hydrogens is 349 g/mol. The Labute approximate surface area is 130 Å². The van der Waals surface area contributed by atoms with E-state index in [0.717, 1.165) is 6.07 Å². The van der Waals surface area contributed by atoms with Crippen molar-refractivity contribution in [3.8, 4) is 0 Å². The number of amides is 1. The summed E-state index contributed by atoms with van der Waals surface area (Å²) in [7, 11) is 0. The van der Waals surface area contributed by atoms with Crippen LogP contribution in [-0.2, 0) is 11.0 Å². The van der Waals surface area contributed by atoms with Gasteiger partial charge in [-0.15, -0.1) is 0 Å². The second-order valence-electron chi connectivity index (χ2n) is 5.79. The molecule has 0 saturated carbocycles. The molecule has 0 bridgehead atoms. The SMILES string of the molecule is CC(Nc1ccc(Br)cc1C(F)(F)F)C(=O)NC(C)(C)C. The fourth-order valence-corrected chi connectivity index (χ4v) is 2.01. The zero-order valence-electron chi connectivity index (χ0n) is 12.2. The summed E-state index contributed by atoms with van der Waals surface area (Å²) < 4.78 is 39.3. The van der Waals surface area contributed by atoms with E-state index in [4.69, 9.17) is 0 Å². The van der Waals surface area contributed by atoms with Crippen molar-refractivity contribution in [3.05, 3.63) is 28.2 Å². The fourth-order valence-electron chi connectivity index (χ4n) is 1.65. The minimum absolute atomic E-state index is 0.123. The molecule has 21 heavy (non-hydrogen) atoms. The molecule has 1 amide bonds. The lowest BCUT2D eigenvalue weighted by Gasteiger charge is -2.25. The van der Waals surface area contributed by atoms with Gasteiger partial charge in [-0.3, -0.25) is 4.79 Å². The molecule has 1 unspecified atom stereocenters. The number of benzene rings is 1. The summed E-state index contributed by atoms with van der Waals surface area (Å²) in [5, 5.41) is 5.33. The van der Waals surface area contributed by atoms with Gasteiger partial charge in [-0.25, -0.2) is 0 Å². The minimum atomic E-state index is -4.49. The number of carbonyl (C=O) groups is 1. The molecule has 0 aliphatic carbocycles. The van der Waals surface area contributed by atoms with Gasteiger partial charge in [0.05, 0.1) is 5.56 Å². The molecular formula is C14H18BrF3N2O. The van der Waals surface area contributed by atoms with E-state index in [2.05, 4.69) is 26.6 Å². The Morgan fingerprint density at radius 2 is 1.81 bits per heavy atom. The maximum absolute atomic E-state index is 13.0. The molecule has 0 fully saturated rings. The Balaban J connectivity index is 2.95. The molecule has 0 spiro atoms. The third kappa shape index (κ3) is 5.57. The van der Waals surface area contributed by atoms with Crippen molar-refractivity contribution in [3.63, 3.8) is 0 Å². The third-order valence-corrected chi connectivity index (χ3v) is 3.04. The zero-order chi connectivity index (χ0) is 16.4. The van der Waals surface area contributed by atoms with Gasteiger partial charge in [-0.05, 0) is 45.9 Å². The van der Waals surface area contributed by atoms with Crippen LogP contribution in [0.3, 0.4) is 0 Å². The summed E-state index contributed by atoms with van der Waals surface area (Å²) >= 11 is 3.02. The van der Waals surface area contributed by atoms with E-state index in [1.165, 1.54) is 19.1 Å². The molecule has 1 rings (SSSR count). The zero-order valence-corrected chi connectivity index (χ0v) is 13.8. The molecule has 3 nitrogen and oxygen atoms in total. The molecule has 0 heterocycles. The molecule has 118 valence electrons. The van der Waals surface area contributed by atoms with Crippen LogP contribution in [0.1, 0.15) is 33.3 Å². The Hall–Kier alpha value is -1.24. The summed E-state index contributed by atoms with van der Waals surface area (Å²) in [6.07, 6.45) is -4.49. The van der Waals surface area contributed by atoms with Crippen molar-refractivity contribution in [2.24, 2.45) is 0 Å². The topological polar surface area (TPSA) is 41.1 Å². The standard InChI is InChI=1S/C14H18BrF3N2O/c1-8(12(21)20-13(2,3)4)19-11-6-5-9(15)7-10(11)14(16,17)18/h5-8,19H,1-4H3,(H,20,21). The van der Waals surface area contributed by atoms with E-state index in [-0.39, 0.29) is 11.6 Å². The molecule has 1 aromatic rings. The summed E-state index contributed by atoms with van der Waals surface area (Å²) in [4.78, 5) is 11.9. The molecule has 1 atom stereocenters. The van der Waals surface area contributed by atoms with Gasteiger partial charge in [0.2, 0.25) is 5.91 Å². The van der Waals surface area contributed by atoms with Crippen LogP contribution in [0.4, 0.5) is 18.9 Å². The van der Waals surface area contributed by atoms with E-state index in [1.54, 1.807) is 20.8 Å². The highest BCUT2D eigenvalue weighted by Gasteiger charge is 2.34. The van der Waals surface area contributed by atoms with Gasteiger partial charge in [0, 0.05) is 15.7 Å². The second-order valence-corrected chi connectivity index (χ2v) is 6.71. The van der Waals surface area contributed by atoms with Crippen molar-refractivity contribution in [1.82, 2.24) is 5.32 Å². The number of hydrogen-bond acceptors (Lipinski definition) is 2. The lowest BCUT2D eigenvalue weighted by molar-refractivity contribution is -0.137. The quantitative estimate of drug-likeness (QED) is 0.842. The summed E-state index contributed by atoms with van der Waals surface area (Å²) in [6.45, 7) is 6.93. The fraction of sp³-hybridized carbons (Fsp3) is 0.500.